The number of carboxylic acid groups (broad SMARTS) is 1. The van der Waals surface area contributed by atoms with Gasteiger partial charge in [0.1, 0.15) is 0 Å². The summed E-state index contributed by atoms with van der Waals surface area (Å²) >= 11 is 1.08. The van der Waals surface area contributed by atoms with Gasteiger partial charge in [-0.1, -0.05) is 35.6 Å². The van der Waals surface area contributed by atoms with E-state index in [1.54, 1.807) is 57.2 Å². The maximum absolute atomic E-state index is 13.9. The van der Waals surface area contributed by atoms with Crippen LogP contribution >= 0.6 is 11.3 Å². The first-order valence-electron chi connectivity index (χ1n) is 12.7. The third kappa shape index (κ3) is 6.07. The molecule has 1 N–H and O–H groups in total. The van der Waals surface area contributed by atoms with Crippen LogP contribution in [0.5, 0.6) is 11.5 Å². The number of carbonyl (C=O) groups is 3. The molecule has 0 amide bonds. The van der Waals surface area contributed by atoms with E-state index >= 15 is 0 Å². The quantitative estimate of drug-likeness (QED) is 0.358. The van der Waals surface area contributed by atoms with Crippen molar-refractivity contribution in [1.82, 2.24) is 4.57 Å². The Morgan fingerprint density at radius 1 is 1.07 bits per heavy atom. The van der Waals surface area contributed by atoms with Crippen molar-refractivity contribution in [2.45, 2.75) is 26.8 Å². The largest absolute Gasteiger partial charge is 0.490 e. The highest BCUT2D eigenvalue weighted by Crippen LogP contribution is 2.36. The van der Waals surface area contributed by atoms with Crippen molar-refractivity contribution in [3.63, 3.8) is 0 Å². The highest BCUT2D eigenvalue weighted by molar-refractivity contribution is 7.07. The summed E-state index contributed by atoms with van der Waals surface area (Å²) in [5.41, 5.74) is 0.988. The highest BCUT2D eigenvalue weighted by Gasteiger charge is 2.34. The van der Waals surface area contributed by atoms with Crippen molar-refractivity contribution in [1.29, 1.82) is 0 Å². The Hall–Kier alpha value is -4.71. The van der Waals surface area contributed by atoms with Gasteiger partial charge in [-0.15, -0.1) is 0 Å². The van der Waals surface area contributed by atoms with Crippen molar-refractivity contribution in [2.24, 2.45) is 4.99 Å². The number of hydrogen-bond donors (Lipinski definition) is 1. The summed E-state index contributed by atoms with van der Waals surface area (Å²) in [6.07, 6.45) is 1.50. The average molecular weight is 581 g/mol. The highest BCUT2D eigenvalue weighted by atomic mass is 32.1. The maximum atomic E-state index is 13.9. The molecule has 2 aromatic carbocycles. The third-order valence-electron chi connectivity index (χ3n) is 6.15. The summed E-state index contributed by atoms with van der Waals surface area (Å²) in [4.78, 5) is 55.3. The molecule has 2 heterocycles. The summed E-state index contributed by atoms with van der Waals surface area (Å²) in [5.74, 6) is -1.76. The molecule has 4 rings (SSSR count). The molecule has 3 aromatic rings. The van der Waals surface area contributed by atoms with Crippen LogP contribution in [-0.4, -0.2) is 54.5 Å². The Balaban J connectivity index is 1.92. The predicted octanol–water partition coefficient (Wildman–Crippen LogP) is 2.45. The van der Waals surface area contributed by atoms with Gasteiger partial charge in [0.25, 0.3) is 5.56 Å². The number of esters is 2. The molecule has 0 bridgehead atoms. The van der Waals surface area contributed by atoms with E-state index in [1.165, 1.54) is 23.8 Å². The monoisotopic (exact) mass is 580 g/mol. The van der Waals surface area contributed by atoms with E-state index < -0.39 is 29.5 Å². The lowest BCUT2D eigenvalue weighted by Crippen LogP contribution is -2.40. The van der Waals surface area contributed by atoms with Crippen LogP contribution in [-0.2, 0) is 19.1 Å². The summed E-state index contributed by atoms with van der Waals surface area (Å²) in [5, 5.41) is 9.60. The molecule has 0 fully saturated rings. The number of benzene rings is 2. The molecule has 1 aliphatic rings. The van der Waals surface area contributed by atoms with Crippen LogP contribution in [0.15, 0.2) is 63.5 Å². The van der Waals surface area contributed by atoms with E-state index in [-0.39, 0.29) is 41.2 Å². The van der Waals surface area contributed by atoms with Gasteiger partial charge in [-0.2, -0.15) is 0 Å². The van der Waals surface area contributed by atoms with Crippen molar-refractivity contribution in [2.75, 3.05) is 26.9 Å². The number of methoxy groups -OCH3 is 1. The standard InChI is InChI=1S/C29H28N2O9S/c1-5-38-21-13-18(11-12-20(21)40-15-23(32)37-4)25-24(28(36)39-6-2)16(3)30-29-31(25)26(33)22(41-29)14-17-9-7-8-10-19(17)27(34)35/h7-14,25H,5-6,15H2,1-4H3,(H,34,35)/b22-14+/t25-/m0/s1. The molecule has 214 valence electrons. The van der Waals surface area contributed by atoms with Crippen molar-refractivity contribution < 1.29 is 38.4 Å². The molecule has 0 saturated carbocycles. The number of nitrogens with zero attached hydrogens (tertiary/aromatic N) is 2. The number of thiazole rings is 1. The number of allylic oxidation sites excluding steroid dienone is 1. The summed E-state index contributed by atoms with van der Waals surface area (Å²) < 4.78 is 22.9. The molecule has 0 unspecified atom stereocenters. The number of aromatic nitrogens is 1. The summed E-state index contributed by atoms with van der Waals surface area (Å²) in [6, 6.07) is 10.3. The fraction of sp³-hybridized carbons (Fsp3) is 0.276. The Bertz CT molecular complexity index is 1720. The van der Waals surface area contributed by atoms with Crippen LogP contribution in [0, 0.1) is 0 Å². The molecule has 0 aliphatic carbocycles. The number of carbonyl (C=O) groups excluding carboxylic acids is 2. The van der Waals surface area contributed by atoms with Gasteiger partial charge in [-0.3, -0.25) is 9.36 Å². The lowest BCUT2D eigenvalue weighted by atomic mass is 9.95. The molecule has 41 heavy (non-hydrogen) atoms. The summed E-state index contributed by atoms with van der Waals surface area (Å²) in [7, 11) is 1.25. The van der Waals surface area contributed by atoms with Gasteiger partial charge in [0, 0.05) is 0 Å². The van der Waals surface area contributed by atoms with Gasteiger partial charge in [-0.05, 0) is 56.2 Å². The van der Waals surface area contributed by atoms with E-state index in [1.807, 2.05) is 0 Å². The molecular formula is C29H28N2O9S. The third-order valence-corrected chi connectivity index (χ3v) is 7.13. The topological polar surface area (TPSA) is 143 Å². The van der Waals surface area contributed by atoms with Crippen LogP contribution in [0.4, 0.5) is 0 Å². The van der Waals surface area contributed by atoms with Crippen LogP contribution in [0.1, 0.15) is 48.3 Å². The Morgan fingerprint density at radius 3 is 2.51 bits per heavy atom. The number of rotatable bonds is 10. The van der Waals surface area contributed by atoms with Crippen molar-refractivity contribution >= 4 is 35.3 Å². The number of ether oxygens (including phenoxy) is 4. The molecule has 12 heteroatoms. The minimum absolute atomic E-state index is 0.0437. The van der Waals surface area contributed by atoms with Crippen molar-refractivity contribution in [3.8, 4) is 11.5 Å². The summed E-state index contributed by atoms with van der Waals surface area (Å²) in [6.45, 7) is 5.18. The molecular weight excluding hydrogens is 552 g/mol. The molecule has 0 saturated heterocycles. The fourth-order valence-corrected chi connectivity index (χ4v) is 5.38. The van der Waals surface area contributed by atoms with Gasteiger partial charge >= 0.3 is 17.9 Å². The minimum Gasteiger partial charge on any atom is -0.490 e. The molecule has 0 radical (unpaired) electrons. The normalized spacial score (nSPS) is 14.6. The van der Waals surface area contributed by atoms with Crippen LogP contribution in [0.2, 0.25) is 0 Å². The SMILES string of the molecule is CCOC(=O)C1=C(C)N=c2s/c(=C/c3ccccc3C(=O)O)c(=O)n2[C@H]1c1ccc(OCC(=O)OC)c(OCC)c1. The minimum atomic E-state index is -1.12. The van der Waals surface area contributed by atoms with Crippen LogP contribution < -0.4 is 24.4 Å². The Morgan fingerprint density at radius 2 is 1.83 bits per heavy atom. The first-order chi connectivity index (χ1) is 19.7. The van der Waals surface area contributed by atoms with Gasteiger partial charge in [-0.25, -0.2) is 19.4 Å². The van der Waals surface area contributed by atoms with E-state index in [0.717, 1.165) is 11.3 Å². The van der Waals surface area contributed by atoms with Gasteiger partial charge in [0.05, 0.1) is 47.7 Å². The lowest BCUT2D eigenvalue weighted by molar-refractivity contribution is -0.143. The molecule has 11 nitrogen and oxygen atoms in total. The lowest BCUT2D eigenvalue weighted by Gasteiger charge is -2.25. The van der Waals surface area contributed by atoms with E-state index in [2.05, 4.69) is 9.73 Å². The van der Waals surface area contributed by atoms with E-state index in [4.69, 9.17) is 14.2 Å². The van der Waals surface area contributed by atoms with Gasteiger partial charge < -0.3 is 24.1 Å². The number of aromatic carboxylic acids is 1. The molecule has 1 atom stereocenters. The second-order valence-corrected chi connectivity index (χ2v) is 9.71. The zero-order chi connectivity index (χ0) is 29.7. The molecule has 1 aliphatic heterocycles. The second kappa shape index (κ2) is 12.6. The number of carboxylic acids is 1. The van der Waals surface area contributed by atoms with Crippen molar-refractivity contribution in [3.05, 3.63) is 90.1 Å². The maximum Gasteiger partial charge on any atom is 0.343 e. The van der Waals surface area contributed by atoms with Gasteiger partial charge in [0.15, 0.2) is 22.9 Å². The average Bonchev–Trinajstić information content (AvgIpc) is 3.25. The first-order valence-corrected chi connectivity index (χ1v) is 13.5. The van der Waals surface area contributed by atoms with Gasteiger partial charge in [0.2, 0.25) is 0 Å². The first kappa shape index (κ1) is 29.3. The fourth-order valence-electron chi connectivity index (χ4n) is 4.34. The molecule has 0 spiro atoms. The Labute approximate surface area is 238 Å². The van der Waals surface area contributed by atoms with Crippen LogP contribution in [0.3, 0.4) is 0 Å². The Kier molecular flexibility index (Phi) is 9.03. The predicted molar refractivity (Wildman–Crippen MR) is 149 cm³/mol. The van der Waals surface area contributed by atoms with E-state index in [9.17, 15) is 24.3 Å². The zero-order valence-electron chi connectivity index (χ0n) is 22.8. The molecule has 1 aromatic heterocycles. The number of hydrogen-bond acceptors (Lipinski definition) is 10. The number of fused-ring (bicyclic) bond motifs is 1. The second-order valence-electron chi connectivity index (χ2n) is 8.70. The van der Waals surface area contributed by atoms with Crippen LogP contribution in [0.25, 0.3) is 6.08 Å². The zero-order valence-corrected chi connectivity index (χ0v) is 23.6. The van der Waals surface area contributed by atoms with E-state index in [0.29, 0.717) is 27.4 Å². The smallest absolute Gasteiger partial charge is 0.343 e.